The van der Waals surface area contributed by atoms with Crippen molar-refractivity contribution < 1.29 is 23.6 Å². The summed E-state index contributed by atoms with van der Waals surface area (Å²) >= 11 is 0. The van der Waals surface area contributed by atoms with E-state index in [1.807, 2.05) is 36.4 Å². The van der Waals surface area contributed by atoms with E-state index < -0.39 is 54.4 Å². The predicted octanol–water partition coefficient (Wildman–Crippen LogP) is 13.2. The maximum absolute atomic E-state index is 9.49. The van der Waals surface area contributed by atoms with E-state index in [0.29, 0.717) is 33.5 Å². The number of para-hydroxylation sites is 3. The van der Waals surface area contributed by atoms with E-state index >= 15 is 0 Å². The Bertz CT molecular complexity index is 3970. The van der Waals surface area contributed by atoms with Gasteiger partial charge in [0.1, 0.15) is 11.2 Å². The summed E-state index contributed by atoms with van der Waals surface area (Å²) in [5.41, 5.74) is 3.43. The first kappa shape index (κ1) is 20.7. The van der Waals surface area contributed by atoms with Crippen LogP contribution >= 0.6 is 0 Å². The number of fused-ring (bicyclic) bond motifs is 6. The van der Waals surface area contributed by atoms with Crippen LogP contribution in [0.15, 0.2) is 198 Å². The van der Waals surface area contributed by atoms with Gasteiger partial charge in [-0.3, -0.25) is 0 Å². The molecule has 11 aromatic rings. The first-order chi connectivity index (χ1) is 33.6. The number of hydrogen-bond donors (Lipinski definition) is 0. The summed E-state index contributed by atoms with van der Waals surface area (Å²) in [6.07, 6.45) is 0. The fourth-order valence-electron chi connectivity index (χ4n) is 6.98. The van der Waals surface area contributed by atoms with Crippen molar-refractivity contribution in [2.45, 2.75) is 0 Å². The minimum absolute atomic E-state index is 0.00566. The molecule has 5 nitrogen and oxygen atoms in total. The zero-order valence-electron chi connectivity index (χ0n) is 43.1. The molecule has 56 heavy (non-hydrogen) atoms. The van der Waals surface area contributed by atoms with Crippen molar-refractivity contribution in [3.05, 3.63) is 194 Å². The van der Waals surface area contributed by atoms with Crippen LogP contribution < -0.4 is 0 Å². The lowest BCUT2D eigenvalue weighted by molar-refractivity contribution is 0.670. The largest absolute Gasteiger partial charge is 0.455 e. The first-order valence-corrected chi connectivity index (χ1v) is 17.6. The van der Waals surface area contributed by atoms with Crippen LogP contribution in [0.5, 0.6) is 0 Å². The van der Waals surface area contributed by atoms with Crippen LogP contribution in [0.1, 0.15) is 19.2 Å². The van der Waals surface area contributed by atoms with E-state index in [1.54, 1.807) is 72.8 Å². The highest BCUT2D eigenvalue weighted by atomic mass is 16.3. The van der Waals surface area contributed by atoms with E-state index in [2.05, 4.69) is 0 Å². The number of hydrogen-bond acceptors (Lipinski definition) is 4. The van der Waals surface area contributed by atoms with Crippen LogP contribution in [0.2, 0.25) is 0 Å². The third kappa shape index (κ3) is 5.37. The molecule has 0 saturated heterocycles. The standard InChI is InChI=1S/C51H32N4O/c1-3-13-34(14-4-1)40-21-12-22-44-43-30-29-38(32-47(43)56-48(40)44)51-53-49(35-15-5-2-6-16-35)52-50(54-51)36-27-25-33(26-28-36)37-17-11-18-39(31-37)55-45-23-9-7-19-41(45)42-20-8-10-24-46(42)55/h1-32H/i7D,8D,9D,10D,12D,19D,20D,21D,22D,23D,24D,29D,30D,32D. The summed E-state index contributed by atoms with van der Waals surface area (Å²) in [5.74, 6) is 0.294. The summed E-state index contributed by atoms with van der Waals surface area (Å²) in [6, 6.07) is 26.2. The monoisotopic (exact) mass is 730 g/mol. The van der Waals surface area contributed by atoms with E-state index in [9.17, 15) is 4.11 Å². The van der Waals surface area contributed by atoms with Gasteiger partial charge in [-0.1, -0.05) is 157 Å². The van der Waals surface area contributed by atoms with Crippen LogP contribution in [0.3, 0.4) is 0 Å². The summed E-state index contributed by atoms with van der Waals surface area (Å²) in [7, 11) is 0. The molecule has 0 aliphatic rings. The molecule has 0 N–H and O–H groups in total. The summed E-state index contributed by atoms with van der Waals surface area (Å²) < 4.78 is 131. The van der Waals surface area contributed by atoms with Crippen molar-refractivity contribution >= 4 is 43.7 Å². The molecule has 0 saturated carbocycles. The molecule has 0 bridgehead atoms. The second kappa shape index (κ2) is 13.0. The first-order valence-electron chi connectivity index (χ1n) is 24.6. The fourth-order valence-corrected chi connectivity index (χ4v) is 6.98. The second-order valence-electron chi connectivity index (χ2n) is 13.0. The van der Waals surface area contributed by atoms with E-state index in [4.69, 9.17) is 34.4 Å². The SMILES string of the molecule is [2H]c1c([2H])c([2H])c2c(oc3c([2H])c(-c4nc(-c5ccccc5)nc(-c5ccc(-c6cccc(-n7c8c([2H])c([2H])c([2H])c([2H])c8c8c([2H])c([2H])c([2H])c([2H])c87)c6)cc5)n4)c([2H])c([2H])c32)c1-c1ccccc1. The molecule has 0 unspecified atom stereocenters. The quantitative estimate of drug-likeness (QED) is 0.171. The lowest BCUT2D eigenvalue weighted by Gasteiger charge is -2.11. The number of rotatable bonds is 6. The van der Waals surface area contributed by atoms with Gasteiger partial charge < -0.3 is 8.98 Å². The van der Waals surface area contributed by atoms with Gasteiger partial charge in [-0.2, -0.15) is 0 Å². The Morgan fingerprint density at radius 3 is 1.70 bits per heavy atom. The minimum atomic E-state index is -0.526. The van der Waals surface area contributed by atoms with Gasteiger partial charge in [-0.05, 0) is 53.0 Å². The maximum Gasteiger partial charge on any atom is 0.164 e. The molecule has 8 aromatic carbocycles. The lowest BCUT2D eigenvalue weighted by atomic mass is 10.0. The predicted molar refractivity (Wildman–Crippen MR) is 229 cm³/mol. The highest BCUT2D eigenvalue weighted by Crippen LogP contribution is 2.38. The molecule has 0 fully saturated rings. The van der Waals surface area contributed by atoms with Crippen molar-refractivity contribution in [2.75, 3.05) is 0 Å². The van der Waals surface area contributed by atoms with E-state index in [-0.39, 0.29) is 103 Å². The van der Waals surface area contributed by atoms with Gasteiger partial charge in [-0.15, -0.1) is 0 Å². The Balaban J connectivity index is 1.06. The Morgan fingerprint density at radius 1 is 0.429 bits per heavy atom. The highest BCUT2D eigenvalue weighted by Gasteiger charge is 2.17. The van der Waals surface area contributed by atoms with Crippen molar-refractivity contribution in [2.24, 2.45) is 0 Å². The van der Waals surface area contributed by atoms with E-state index in [0.717, 1.165) is 0 Å². The van der Waals surface area contributed by atoms with Gasteiger partial charge >= 0.3 is 0 Å². The maximum atomic E-state index is 9.49. The molecular weight excluding hydrogens is 685 g/mol. The number of aromatic nitrogens is 4. The topological polar surface area (TPSA) is 56.7 Å². The number of benzene rings is 8. The van der Waals surface area contributed by atoms with Crippen LogP contribution in [0.4, 0.5) is 0 Å². The molecule has 0 spiro atoms. The average molecular weight is 731 g/mol. The highest BCUT2D eigenvalue weighted by molar-refractivity contribution is 6.11. The average Bonchev–Trinajstić information content (AvgIpc) is 3.96. The van der Waals surface area contributed by atoms with Gasteiger partial charge in [0.2, 0.25) is 0 Å². The van der Waals surface area contributed by atoms with Crippen molar-refractivity contribution in [3.8, 4) is 62.1 Å². The van der Waals surface area contributed by atoms with Gasteiger partial charge in [0.05, 0.1) is 30.2 Å². The smallest absolute Gasteiger partial charge is 0.164 e. The fraction of sp³-hybridized carbons (Fsp3) is 0. The molecule has 5 heteroatoms. The summed E-state index contributed by atoms with van der Waals surface area (Å²) in [4.78, 5) is 14.3. The van der Waals surface area contributed by atoms with Crippen LogP contribution in [-0.4, -0.2) is 19.5 Å². The molecule has 3 heterocycles. The second-order valence-corrected chi connectivity index (χ2v) is 13.0. The molecule has 0 amide bonds. The molecule has 0 atom stereocenters. The van der Waals surface area contributed by atoms with Gasteiger partial charge in [0, 0.05) is 49.5 Å². The Labute approximate surface area is 342 Å². The molecular formula is C51H32N4O. The summed E-state index contributed by atoms with van der Waals surface area (Å²) in [5, 5.41) is 0.000795. The van der Waals surface area contributed by atoms with Crippen LogP contribution in [0.25, 0.3) is 106 Å². The van der Waals surface area contributed by atoms with Crippen LogP contribution in [0, 0.1) is 0 Å². The van der Waals surface area contributed by atoms with Gasteiger partial charge in [-0.25, -0.2) is 15.0 Å². The Morgan fingerprint density at radius 2 is 1.00 bits per heavy atom. The third-order valence-corrected chi connectivity index (χ3v) is 9.63. The zero-order chi connectivity index (χ0) is 49.2. The Kier molecular flexibility index (Phi) is 4.83. The molecule has 0 aliphatic heterocycles. The van der Waals surface area contributed by atoms with Crippen molar-refractivity contribution in [3.63, 3.8) is 0 Å². The molecule has 0 radical (unpaired) electrons. The van der Waals surface area contributed by atoms with Gasteiger partial charge in [0.15, 0.2) is 17.5 Å². The molecule has 11 rings (SSSR count). The number of furan rings is 1. The van der Waals surface area contributed by atoms with E-state index in [1.165, 1.54) is 4.57 Å². The van der Waals surface area contributed by atoms with Gasteiger partial charge in [0.25, 0.3) is 0 Å². The zero-order valence-corrected chi connectivity index (χ0v) is 29.1. The Hall–Kier alpha value is -7.63. The molecule has 262 valence electrons. The minimum Gasteiger partial charge on any atom is -0.455 e. The number of nitrogens with zero attached hydrogens (tertiary/aromatic N) is 4. The third-order valence-electron chi connectivity index (χ3n) is 9.63. The normalized spacial score (nSPS) is 15.1. The lowest BCUT2D eigenvalue weighted by Crippen LogP contribution is -2.00. The van der Waals surface area contributed by atoms with Crippen LogP contribution in [-0.2, 0) is 0 Å². The van der Waals surface area contributed by atoms with Crippen molar-refractivity contribution in [1.82, 2.24) is 19.5 Å². The molecule has 3 aromatic heterocycles. The summed E-state index contributed by atoms with van der Waals surface area (Å²) in [6.45, 7) is 0. The van der Waals surface area contributed by atoms with Crippen molar-refractivity contribution in [1.29, 1.82) is 0 Å². The molecule has 0 aliphatic carbocycles.